The van der Waals surface area contributed by atoms with Gasteiger partial charge in [0.05, 0.1) is 13.2 Å². The average molecular weight is 315 g/mol. The second-order valence-corrected chi connectivity index (χ2v) is 7.56. The summed E-state index contributed by atoms with van der Waals surface area (Å²) in [4.78, 5) is 26.1. The Morgan fingerprint density at radius 1 is 1.27 bits per heavy atom. The molecule has 0 N–H and O–H groups in total. The number of carbonyl (C=O) groups excluding carboxylic acids is 2. The molecule has 0 aromatic carbocycles. The fourth-order valence-corrected chi connectivity index (χ4v) is 2.68. The van der Waals surface area contributed by atoms with Crippen molar-refractivity contribution in [2.45, 2.75) is 78.4 Å². The van der Waals surface area contributed by atoms with Crippen LogP contribution in [0.2, 0.25) is 0 Å². The maximum absolute atomic E-state index is 12.6. The first kappa shape index (κ1) is 18.7. The number of ether oxygens (including phenoxy) is 3. The summed E-state index contributed by atoms with van der Waals surface area (Å²) < 4.78 is 16.1. The van der Waals surface area contributed by atoms with Crippen LogP contribution < -0.4 is 0 Å². The number of nitrogens with zero attached hydrogens (tertiary/aromatic N) is 1. The molecule has 1 rings (SSSR count). The Morgan fingerprint density at radius 3 is 2.23 bits per heavy atom. The Morgan fingerprint density at radius 2 is 1.82 bits per heavy atom. The molecule has 0 aromatic rings. The second kappa shape index (κ2) is 6.44. The fraction of sp³-hybridized carbons (Fsp3) is 0.875. The molecule has 1 fully saturated rings. The summed E-state index contributed by atoms with van der Waals surface area (Å²) in [7, 11) is 1.32. The third kappa shape index (κ3) is 4.35. The van der Waals surface area contributed by atoms with Crippen molar-refractivity contribution in [3.8, 4) is 0 Å². The van der Waals surface area contributed by atoms with Crippen LogP contribution in [-0.4, -0.2) is 47.5 Å². The molecular weight excluding hydrogens is 286 g/mol. The van der Waals surface area contributed by atoms with Crippen molar-refractivity contribution >= 4 is 12.1 Å². The van der Waals surface area contributed by atoms with Crippen molar-refractivity contribution in [1.82, 2.24) is 4.90 Å². The summed E-state index contributed by atoms with van der Waals surface area (Å²) in [6, 6.07) is -0.405. The number of hydrogen-bond acceptors (Lipinski definition) is 5. The first-order valence-corrected chi connectivity index (χ1v) is 7.67. The van der Waals surface area contributed by atoms with E-state index < -0.39 is 35.5 Å². The van der Waals surface area contributed by atoms with E-state index in [-0.39, 0.29) is 0 Å². The molecule has 0 spiro atoms. The van der Waals surface area contributed by atoms with Crippen LogP contribution in [-0.2, 0) is 19.0 Å². The van der Waals surface area contributed by atoms with Gasteiger partial charge in [-0.05, 0) is 47.0 Å². The van der Waals surface area contributed by atoms with E-state index in [0.29, 0.717) is 12.3 Å². The van der Waals surface area contributed by atoms with E-state index in [1.165, 1.54) is 12.0 Å². The number of amides is 1. The fourth-order valence-electron chi connectivity index (χ4n) is 2.68. The minimum absolute atomic E-state index is 0.291. The van der Waals surface area contributed by atoms with Crippen LogP contribution in [0.5, 0.6) is 0 Å². The summed E-state index contributed by atoms with van der Waals surface area (Å²) in [5.74, 6) is -0.177. The number of esters is 1. The first-order valence-electron chi connectivity index (χ1n) is 7.67. The molecule has 0 saturated carbocycles. The molecule has 1 aliphatic heterocycles. The van der Waals surface area contributed by atoms with Crippen LogP contribution >= 0.6 is 0 Å². The standard InChI is InChI=1S/C16H29NO5/c1-10(2)9-11-12(13(18)20-8)21-16(6,7)17(11)14(19)22-15(3,4)5/h10-12H,9H2,1-8H3/t11-,12?/m0/s1. The van der Waals surface area contributed by atoms with Gasteiger partial charge in [0.1, 0.15) is 11.3 Å². The highest BCUT2D eigenvalue weighted by Crippen LogP contribution is 2.37. The molecule has 0 bridgehead atoms. The predicted octanol–water partition coefficient (Wildman–Crippen LogP) is 2.95. The predicted molar refractivity (Wildman–Crippen MR) is 82.3 cm³/mol. The van der Waals surface area contributed by atoms with Gasteiger partial charge in [0.15, 0.2) is 6.10 Å². The minimum Gasteiger partial charge on any atom is -0.467 e. The van der Waals surface area contributed by atoms with Gasteiger partial charge >= 0.3 is 12.1 Å². The highest BCUT2D eigenvalue weighted by molar-refractivity contribution is 5.78. The molecule has 6 nitrogen and oxygen atoms in total. The summed E-state index contributed by atoms with van der Waals surface area (Å²) in [6.07, 6.45) is -0.646. The molecule has 2 atom stereocenters. The van der Waals surface area contributed by atoms with Gasteiger partial charge in [0, 0.05) is 0 Å². The van der Waals surface area contributed by atoms with Crippen molar-refractivity contribution in [2.24, 2.45) is 5.92 Å². The van der Waals surface area contributed by atoms with E-state index in [1.54, 1.807) is 13.8 Å². The SMILES string of the molecule is COC(=O)C1OC(C)(C)N(C(=O)OC(C)(C)C)[C@H]1CC(C)C. The Labute approximate surface area is 133 Å². The monoisotopic (exact) mass is 315 g/mol. The van der Waals surface area contributed by atoms with Gasteiger partial charge in [0.2, 0.25) is 0 Å². The lowest BCUT2D eigenvalue weighted by Crippen LogP contribution is -2.51. The Kier molecular flexibility index (Phi) is 5.49. The lowest BCUT2D eigenvalue weighted by atomic mass is 9.98. The van der Waals surface area contributed by atoms with Gasteiger partial charge < -0.3 is 14.2 Å². The van der Waals surface area contributed by atoms with Gasteiger partial charge in [-0.25, -0.2) is 9.59 Å². The number of methoxy groups -OCH3 is 1. The molecule has 6 heteroatoms. The van der Waals surface area contributed by atoms with E-state index in [2.05, 4.69) is 0 Å². The molecule has 0 aliphatic carbocycles. The van der Waals surface area contributed by atoms with Crippen molar-refractivity contribution in [2.75, 3.05) is 7.11 Å². The second-order valence-electron chi connectivity index (χ2n) is 7.56. The van der Waals surface area contributed by atoms with Crippen LogP contribution in [0.25, 0.3) is 0 Å². The summed E-state index contributed by atoms with van der Waals surface area (Å²) in [5, 5.41) is 0. The zero-order valence-electron chi connectivity index (χ0n) is 14.9. The quantitative estimate of drug-likeness (QED) is 0.749. The Hall–Kier alpha value is -1.30. The van der Waals surface area contributed by atoms with Crippen LogP contribution in [0.15, 0.2) is 0 Å². The highest BCUT2D eigenvalue weighted by Gasteiger charge is 2.54. The van der Waals surface area contributed by atoms with E-state index in [0.717, 1.165) is 0 Å². The third-order valence-electron chi connectivity index (χ3n) is 3.41. The molecule has 0 aromatic heterocycles. The van der Waals surface area contributed by atoms with Crippen molar-refractivity contribution in [1.29, 1.82) is 0 Å². The van der Waals surface area contributed by atoms with Crippen LogP contribution in [0.1, 0.15) is 54.9 Å². The van der Waals surface area contributed by atoms with Crippen molar-refractivity contribution < 1.29 is 23.8 Å². The molecule has 0 radical (unpaired) electrons. The minimum atomic E-state index is -0.930. The molecule has 1 aliphatic rings. The van der Waals surface area contributed by atoms with E-state index in [4.69, 9.17) is 14.2 Å². The highest BCUT2D eigenvalue weighted by atomic mass is 16.6. The van der Waals surface area contributed by atoms with Gasteiger partial charge in [0.25, 0.3) is 0 Å². The molecule has 1 unspecified atom stereocenters. The topological polar surface area (TPSA) is 65.1 Å². The number of carbonyl (C=O) groups is 2. The van der Waals surface area contributed by atoms with Gasteiger partial charge in [-0.15, -0.1) is 0 Å². The Balaban J connectivity index is 3.12. The third-order valence-corrected chi connectivity index (χ3v) is 3.41. The van der Waals surface area contributed by atoms with Crippen molar-refractivity contribution in [3.05, 3.63) is 0 Å². The van der Waals surface area contributed by atoms with Crippen molar-refractivity contribution in [3.63, 3.8) is 0 Å². The van der Waals surface area contributed by atoms with Crippen LogP contribution in [0.3, 0.4) is 0 Å². The lowest BCUT2D eigenvalue weighted by molar-refractivity contribution is -0.158. The molecule has 1 saturated heterocycles. The van der Waals surface area contributed by atoms with Crippen LogP contribution in [0, 0.1) is 5.92 Å². The molecule has 1 amide bonds. The summed E-state index contributed by atoms with van der Waals surface area (Å²) in [5.41, 5.74) is -1.54. The average Bonchev–Trinajstić information content (AvgIpc) is 2.56. The molecule has 128 valence electrons. The number of hydrogen-bond donors (Lipinski definition) is 0. The summed E-state index contributed by atoms with van der Waals surface area (Å²) >= 11 is 0. The molecule has 22 heavy (non-hydrogen) atoms. The van der Waals surface area contributed by atoms with Gasteiger partial charge in [-0.3, -0.25) is 4.90 Å². The Bertz CT molecular complexity index is 425. The summed E-state index contributed by atoms with van der Waals surface area (Å²) in [6.45, 7) is 13.0. The maximum atomic E-state index is 12.6. The van der Waals surface area contributed by atoms with E-state index >= 15 is 0 Å². The zero-order chi connectivity index (χ0) is 17.3. The van der Waals surface area contributed by atoms with Gasteiger partial charge in [-0.2, -0.15) is 0 Å². The smallest absolute Gasteiger partial charge is 0.412 e. The normalized spacial score (nSPS) is 24.5. The van der Waals surface area contributed by atoms with E-state index in [9.17, 15) is 9.59 Å². The molecular formula is C16H29NO5. The first-order chi connectivity index (χ1) is 9.89. The van der Waals surface area contributed by atoms with Crippen LogP contribution in [0.4, 0.5) is 4.79 Å². The van der Waals surface area contributed by atoms with Gasteiger partial charge in [-0.1, -0.05) is 13.8 Å². The lowest BCUT2D eigenvalue weighted by Gasteiger charge is -2.35. The maximum Gasteiger partial charge on any atom is 0.412 e. The largest absolute Gasteiger partial charge is 0.467 e. The number of rotatable bonds is 3. The van der Waals surface area contributed by atoms with E-state index in [1.807, 2.05) is 34.6 Å². The molecule has 1 heterocycles. The zero-order valence-corrected chi connectivity index (χ0v) is 14.9.